The van der Waals surface area contributed by atoms with Crippen LogP contribution in [0.5, 0.6) is 0 Å². The molecule has 3 heterocycles. The number of carbonyl (C=O) groups is 2. The summed E-state index contributed by atoms with van der Waals surface area (Å²) in [5, 5.41) is 6.48. The summed E-state index contributed by atoms with van der Waals surface area (Å²) >= 11 is 0. The van der Waals surface area contributed by atoms with Gasteiger partial charge in [0.1, 0.15) is 11.9 Å². The highest BCUT2D eigenvalue weighted by Crippen LogP contribution is 2.32. The van der Waals surface area contributed by atoms with Crippen LogP contribution in [0.15, 0.2) is 12.1 Å². The van der Waals surface area contributed by atoms with Gasteiger partial charge in [0.05, 0.1) is 13.2 Å². The molecule has 4 aliphatic rings. The Morgan fingerprint density at radius 2 is 1.79 bits per heavy atom. The van der Waals surface area contributed by atoms with Gasteiger partial charge in [-0.05, 0) is 44.2 Å². The number of carbonyl (C=O) groups excluding carboxylic acids is 2. The molecule has 0 aromatic heterocycles. The maximum absolute atomic E-state index is 14.2. The molecule has 5 rings (SSSR count). The first-order chi connectivity index (χ1) is 16.5. The molecule has 0 bridgehead atoms. The number of ether oxygens (including phenoxy) is 1. The van der Waals surface area contributed by atoms with Crippen LogP contribution >= 0.6 is 0 Å². The molecule has 2 saturated heterocycles. The van der Waals surface area contributed by atoms with Gasteiger partial charge >= 0.3 is 6.03 Å². The van der Waals surface area contributed by atoms with Crippen molar-refractivity contribution in [1.82, 2.24) is 20.0 Å². The lowest BCUT2D eigenvalue weighted by atomic mass is 9.89. The molecule has 1 aliphatic carbocycles. The molecule has 8 nitrogen and oxygen atoms in total. The molecule has 1 unspecified atom stereocenters. The van der Waals surface area contributed by atoms with Crippen LogP contribution in [-0.2, 0) is 16.0 Å². The molecule has 1 saturated carbocycles. The number of benzene rings is 1. The summed E-state index contributed by atoms with van der Waals surface area (Å²) in [5.74, 6) is -0.283. The van der Waals surface area contributed by atoms with E-state index in [9.17, 15) is 14.0 Å². The summed E-state index contributed by atoms with van der Waals surface area (Å²) in [7, 11) is 0. The zero-order valence-electron chi connectivity index (χ0n) is 20.0. The van der Waals surface area contributed by atoms with Crippen molar-refractivity contribution in [3.8, 4) is 0 Å². The molecule has 3 aliphatic heterocycles. The highest BCUT2D eigenvalue weighted by atomic mass is 19.1. The first kappa shape index (κ1) is 23.4. The van der Waals surface area contributed by atoms with Crippen molar-refractivity contribution >= 4 is 17.6 Å². The lowest BCUT2D eigenvalue weighted by Crippen LogP contribution is -2.57. The minimum absolute atomic E-state index is 0.0402. The van der Waals surface area contributed by atoms with Crippen LogP contribution in [0, 0.1) is 12.7 Å². The summed E-state index contributed by atoms with van der Waals surface area (Å²) in [6.07, 6.45) is 4.50. The van der Waals surface area contributed by atoms with Crippen molar-refractivity contribution in [1.29, 1.82) is 0 Å². The first-order valence-electron chi connectivity index (χ1n) is 12.7. The Balaban J connectivity index is 1.10. The highest BCUT2D eigenvalue weighted by Gasteiger charge is 2.35. The Morgan fingerprint density at radius 1 is 1.06 bits per heavy atom. The standard InChI is InChI=1S/C25H36FN5O3/c1-17-5-6-21(26)20-16-22(28-23(17)20)24(32)27-18-3-2-4-19(15-18)29-7-9-30(10-8-29)25(33)31-11-13-34-14-12-31/h5-6,18-19,22,28H,2-4,7-16H2,1H3,(H,27,32)/t18-,19+,22?/m1/s1. The van der Waals surface area contributed by atoms with Crippen molar-refractivity contribution in [2.45, 2.75) is 57.2 Å². The number of halogens is 1. The van der Waals surface area contributed by atoms with Gasteiger partial charge in [0.15, 0.2) is 0 Å². The predicted octanol–water partition coefficient (Wildman–Crippen LogP) is 1.97. The van der Waals surface area contributed by atoms with Gasteiger partial charge in [0, 0.05) is 69.0 Å². The molecule has 186 valence electrons. The van der Waals surface area contributed by atoms with Gasteiger partial charge in [-0.2, -0.15) is 0 Å². The summed E-state index contributed by atoms with van der Waals surface area (Å²) in [6.45, 7) is 7.78. The second-order valence-electron chi connectivity index (χ2n) is 10.0. The van der Waals surface area contributed by atoms with E-state index in [0.29, 0.717) is 44.3 Å². The van der Waals surface area contributed by atoms with Crippen LogP contribution in [0.3, 0.4) is 0 Å². The topological polar surface area (TPSA) is 77.2 Å². The molecular weight excluding hydrogens is 437 g/mol. The molecule has 3 atom stereocenters. The summed E-state index contributed by atoms with van der Waals surface area (Å²) in [4.78, 5) is 32.1. The highest BCUT2D eigenvalue weighted by molar-refractivity contribution is 5.88. The zero-order chi connectivity index (χ0) is 23.7. The van der Waals surface area contributed by atoms with Gasteiger partial charge in [-0.3, -0.25) is 9.69 Å². The maximum atomic E-state index is 14.2. The third-order valence-electron chi connectivity index (χ3n) is 7.88. The molecule has 0 spiro atoms. The number of fused-ring (bicyclic) bond motifs is 1. The molecule has 3 fully saturated rings. The van der Waals surface area contributed by atoms with Gasteiger partial charge in [0.2, 0.25) is 5.91 Å². The largest absolute Gasteiger partial charge is 0.378 e. The summed E-state index contributed by atoms with van der Waals surface area (Å²) in [6, 6.07) is 3.51. The van der Waals surface area contributed by atoms with Gasteiger partial charge in [-0.25, -0.2) is 9.18 Å². The molecule has 1 aromatic carbocycles. The maximum Gasteiger partial charge on any atom is 0.320 e. The first-order valence-corrected chi connectivity index (χ1v) is 12.7. The lowest BCUT2D eigenvalue weighted by molar-refractivity contribution is -0.122. The Kier molecular flexibility index (Phi) is 6.92. The van der Waals surface area contributed by atoms with E-state index in [2.05, 4.69) is 15.5 Å². The number of nitrogens with zero attached hydrogens (tertiary/aromatic N) is 3. The fourth-order valence-corrected chi connectivity index (χ4v) is 5.89. The molecule has 34 heavy (non-hydrogen) atoms. The molecule has 1 aromatic rings. The van der Waals surface area contributed by atoms with Gasteiger partial charge in [-0.1, -0.05) is 6.07 Å². The lowest BCUT2D eigenvalue weighted by Gasteiger charge is -2.43. The second kappa shape index (κ2) is 10.1. The van der Waals surface area contributed by atoms with Crippen molar-refractivity contribution in [3.63, 3.8) is 0 Å². The minimum Gasteiger partial charge on any atom is -0.378 e. The third-order valence-corrected chi connectivity index (χ3v) is 7.88. The number of piperazine rings is 1. The number of hydrogen-bond donors (Lipinski definition) is 2. The number of rotatable bonds is 3. The molecule has 3 amide bonds. The minimum atomic E-state index is -0.416. The van der Waals surface area contributed by atoms with E-state index in [1.165, 1.54) is 6.07 Å². The van der Waals surface area contributed by atoms with Crippen molar-refractivity contribution in [2.24, 2.45) is 0 Å². The number of hydrogen-bond acceptors (Lipinski definition) is 5. The van der Waals surface area contributed by atoms with Crippen LogP contribution in [0.2, 0.25) is 0 Å². The fraction of sp³-hybridized carbons (Fsp3) is 0.680. The smallest absolute Gasteiger partial charge is 0.320 e. The van der Waals surface area contributed by atoms with Gasteiger partial charge in [0.25, 0.3) is 0 Å². The number of aryl methyl sites for hydroxylation is 1. The van der Waals surface area contributed by atoms with E-state index in [1.807, 2.05) is 16.7 Å². The van der Waals surface area contributed by atoms with E-state index in [0.717, 1.165) is 63.1 Å². The summed E-state index contributed by atoms with van der Waals surface area (Å²) in [5.41, 5.74) is 2.35. The van der Waals surface area contributed by atoms with Crippen LogP contribution in [0.1, 0.15) is 36.8 Å². The Hall–Kier alpha value is -2.39. The van der Waals surface area contributed by atoms with Crippen LogP contribution in [-0.4, -0.2) is 97.2 Å². The number of urea groups is 1. The average molecular weight is 474 g/mol. The number of anilines is 1. The fourth-order valence-electron chi connectivity index (χ4n) is 5.89. The molecular formula is C25H36FN5O3. The second-order valence-corrected chi connectivity index (χ2v) is 10.0. The number of morpholine rings is 1. The van der Waals surface area contributed by atoms with Crippen molar-refractivity contribution in [2.75, 3.05) is 57.8 Å². The van der Waals surface area contributed by atoms with Crippen LogP contribution < -0.4 is 10.6 Å². The molecule has 2 N–H and O–H groups in total. The average Bonchev–Trinajstić information content (AvgIpc) is 3.34. The van der Waals surface area contributed by atoms with E-state index in [-0.39, 0.29) is 23.8 Å². The van der Waals surface area contributed by atoms with Gasteiger partial charge in [-0.15, -0.1) is 0 Å². The molecule has 0 radical (unpaired) electrons. The zero-order valence-corrected chi connectivity index (χ0v) is 20.0. The number of amides is 3. The number of nitrogens with one attached hydrogen (secondary N) is 2. The van der Waals surface area contributed by atoms with Crippen LogP contribution in [0.4, 0.5) is 14.9 Å². The summed E-state index contributed by atoms with van der Waals surface area (Å²) < 4.78 is 19.6. The Labute approximate surface area is 200 Å². The predicted molar refractivity (Wildman–Crippen MR) is 127 cm³/mol. The quantitative estimate of drug-likeness (QED) is 0.702. The van der Waals surface area contributed by atoms with E-state index in [1.54, 1.807) is 6.07 Å². The normalized spacial score (nSPS) is 27.8. The molecule has 9 heteroatoms. The van der Waals surface area contributed by atoms with Crippen LogP contribution in [0.25, 0.3) is 0 Å². The Bertz CT molecular complexity index is 883. The van der Waals surface area contributed by atoms with E-state index >= 15 is 0 Å². The van der Waals surface area contributed by atoms with E-state index in [4.69, 9.17) is 4.74 Å². The van der Waals surface area contributed by atoms with Crippen molar-refractivity contribution in [3.05, 3.63) is 29.1 Å². The van der Waals surface area contributed by atoms with Crippen molar-refractivity contribution < 1.29 is 18.7 Å². The van der Waals surface area contributed by atoms with Gasteiger partial charge < -0.3 is 25.2 Å². The van der Waals surface area contributed by atoms with E-state index < -0.39 is 6.04 Å². The Morgan fingerprint density at radius 3 is 2.53 bits per heavy atom. The third kappa shape index (κ3) is 4.86. The monoisotopic (exact) mass is 473 g/mol. The SMILES string of the molecule is Cc1ccc(F)c2c1NC(C(=O)N[C@@H]1CCC[C@H](N3CCN(C(=O)N4CCOCC4)CC3)C1)C2.